The van der Waals surface area contributed by atoms with Crippen molar-refractivity contribution in [1.29, 1.82) is 5.26 Å². The van der Waals surface area contributed by atoms with Crippen molar-refractivity contribution in [3.8, 4) is 11.8 Å². The number of thiocarbonyl (C=S) groups is 1. The van der Waals surface area contributed by atoms with Crippen LogP contribution in [0.1, 0.15) is 42.0 Å². The smallest absolute Gasteiger partial charge is 0.270 e. The summed E-state index contributed by atoms with van der Waals surface area (Å²) in [5, 5.41) is 9.62. The molecule has 2 aromatic rings. The van der Waals surface area contributed by atoms with Crippen molar-refractivity contribution < 1.29 is 9.53 Å². The first-order chi connectivity index (χ1) is 16.7. The van der Waals surface area contributed by atoms with Crippen LogP contribution in [-0.4, -0.2) is 46.9 Å². The molecule has 1 aromatic heterocycles. The molecule has 1 aliphatic heterocycles. The second kappa shape index (κ2) is 11.6. The Morgan fingerprint density at radius 3 is 2.54 bits per heavy atom. The molecule has 0 atom stereocenters. The second-order valence-electron chi connectivity index (χ2n) is 8.42. The predicted molar refractivity (Wildman–Crippen MR) is 146 cm³/mol. The lowest BCUT2D eigenvalue weighted by atomic mass is 10.0. The number of rotatable bonds is 9. The van der Waals surface area contributed by atoms with Crippen molar-refractivity contribution in [2.24, 2.45) is 7.05 Å². The summed E-state index contributed by atoms with van der Waals surface area (Å²) < 4.78 is 7.20. The minimum Gasteiger partial charge on any atom is -0.497 e. The first-order valence-electron chi connectivity index (χ1n) is 11.5. The molecule has 1 aromatic carbocycles. The summed E-state index contributed by atoms with van der Waals surface area (Å²) >= 11 is 6.77. The van der Waals surface area contributed by atoms with Crippen molar-refractivity contribution in [1.82, 2.24) is 9.47 Å². The average molecular weight is 511 g/mol. The van der Waals surface area contributed by atoms with E-state index in [1.165, 1.54) is 16.3 Å². The first kappa shape index (κ1) is 26.5. The van der Waals surface area contributed by atoms with Gasteiger partial charge in [0.05, 0.1) is 12.0 Å². The van der Waals surface area contributed by atoms with Crippen LogP contribution in [0.2, 0.25) is 0 Å². The molecule has 184 valence electrons. The van der Waals surface area contributed by atoms with Gasteiger partial charge in [0.25, 0.3) is 11.5 Å². The lowest BCUT2D eigenvalue weighted by Gasteiger charge is -2.25. The SMILES string of the molecule is CCCCN(C)c1c(C=C2SC(=S)N(CCc3ccc(OC)cc3)C2=O)c(C)c(C#N)c(=O)n1C. The number of unbranched alkanes of at least 4 members (excludes halogenated alkanes) is 1. The van der Waals surface area contributed by atoms with E-state index in [2.05, 4.69) is 6.92 Å². The summed E-state index contributed by atoms with van der Waals surface area (Å²) in [6.07, 6.45) is 4.40. The fraction of sp³-hybridized carbons (Fsp3) is 0.385. The molecule has 1 saturated heterocycles. The number of anilines is 1. The van der Waals surface area contributed by atoms with Crippen LogP contribution in [0.4, 0.5) is 5.82 Å². The third-order valence-corrected chi connectivity index (χ3v) is 7.49. The molecule has 1 amide bonds. The molecule has 35 heavy (non-hydrogen) atoms. The molecule has 0 spiro atoms. The number of aromatic nitrogens is 1. The third kappa shape index (κ3) is 5.60. The normalized spacial score (nSPS) is 14.5. The highest BCUT2D eigenvalue weighted by Gasteiger charge is 2.32. The van der Waals surface area contributed by atoms with Gasteiger partial charge >= 0.3 is 0 Å². The third-order valence-electron chi connectivity index (χ3n) is 6.11. The highest BCUT2D eigenvalue weighted by atomic mass is 32.2. The lowest BCUT2D eigenvalue weighted by molar-refractivity contribution is -0.122. The first-order valence-corrected chi connectivity index (χ1v) is 12.7. The van der Waals surface area contributed by atoms with Gasteiger partial charge in [-0.15, -0.1) is 0 Å². The van der Waals surface area contributed by atoms with Crippen molar-refractivity contribution in [2.45, 2.75) is 33.1 Å². The highest BCUT2D eigenvalue weighted by molar-refractivity contribution is 8.26. The maximum Gasteiger partial charge on any atom is 0.270 e. The number of nitrogens with zero attached hydrogens (tertiary/aromatic N) is 4. The van der Waals surface area contributed by atoms with Gasteiger partial charge in [-0.3, -0.25) is 19.1 Å². The largest absolute Gasteiger partial charge is 0.497 e. The molecule has 0 aliphatic carbocycles. The number of pyridine rings is 1. The maximum absolute atomic E-state index is 13.3. The number of hydrogen-bond acceptors (Lipinski definition) is 7. The summed E-state index contributed by atoms with van der Waals surface area (Å²) in [5.41, 5.74) is 2.08. The van der Waals surface area contributed by atoms with E-state index >= 15 is 0 Å². The van der Waals surface area contributed by atoms with E-state index in [-0.39, 0.29) is 17.0 Å². The number of nitriles is 1. The van der Waals surface area contributed by atoms with Crippen molar-refractivity contribution >= 4 is 46.1 Å². The number of carbonyl (C=O) groups is 1. The van der Waals surface area contributed by atoms with Gasteiger partial charge in [0.2, 0.25) is 0 Å². The molecular formula is C26H30N4O3S2. The number of amides is 1. The maximum atomic E-state index is 13.3. The second-order valence-corrected chi connectivity index (χ2v) is 10.1. The number of ether oxygens (including phenoxy) is 1. The van der Waals surface area contributed by atoms with Gasteiger partial charge < -0.3 is 9.64 Å². The Kier molecular flexibility index (Phi) is 8.76. The van der Waals surface area contributed by atoms with Gasteiger partial charge in [-0.2, -0.15) is 5.26 Å². The van der Waals surface area contributed by atoms with Crippen LogP contribution in [0.3, 0.4) is 0 Å². The van der Waals surface area contributed by atoms with Gasteiger partial charge in [-0.05, 0) is 49.1 Å². The quantitative estimate of drug-likeness (QED) is 0.369. The predicted octanol–water partition coefficient (Wildman–Crippen LogP) is 4.25. The van der Waals surface area contributed by atoms with E-state index in [1.807, 2.05) is 42.3 Å². The van der Waals surface area contributed by atoms with Crippen LogP contribution in [0.15, 0.2) is 34.0 Å². The fourth-order valence-corrected chi connectivity index (χ4v) is 5.32. The molecule has 7 nitrogen and oxygen atoms in total. The summed E-state index contributed by atoms with van der Waals surface area (Å²) in [7, 11) is 5.21. The van der Waals surface area contributed by atoms with E-state index in [9.17, 15) is 14.9 Å². The summed E-state index contributed by atoms with van der Waals surface area (Å²) in [6, 6.07) is 9.77. The fourth-order valence-electron chi connectivity index (χ4n) is 4.03. The van der Waals surface area contributed by atoms with Crippen molar-refractivity contribution in [2.75, 3.05) is 32.1 Å². The molecular weight excluding hydrogens is 480 g/mol. The van der Waals surface area contributed by atoms with Gasteiger partial charge in [0.1, 0.15) is 27.5 Å². The zero-order valence-electron chi connectivity index (χ0n) is 20.8. The van der Waals surface area contributed by atoms with E-state index in [4.69, 9.17) is 17.0 Å². The van der Waals surface area contributed by atoms with Crippen LogP contribution in [0.5, 0.6) is 5.75 Å². The molecule has 0 bridgehead atoms. The minimum atomic E-state index is -0.340. The molecule has 0 radical (unpaired) electrons. The summed E-state index contributed by atoms with van der Waals surface area (Å²) in [6.45, 7) is 5.08. The standard InChI is InChI=1S/C26H30N4O3S2/c1-6-7-13-28(3)23-20(17(2)21(16-27)24(31)29(23)4)15-22-25(32)30(26(34)35-22)14-12-18-8-10-19(33-5)11-9-18/h8-11,15H,6-7,12-14H2,1-5H3. The molecule has 3 rings (SSSR count). The van der Waals surface area contributed by atoms with Gasteiger partial charge in [0.15, 0.2) is 0 Å². The van der Waals surface area contributed by atoms with Gasteiger partial charge in [0, 0.05) is 32.7 Å². The Balaban J connectivity index is 1.95. The van der Waals surface area contributed by atoms with E-state index in [0.717, 1.165) is 30.7 Å². The average Bonchev–Trinajstić information content (AvgIpc) is 3.12. The zero-order valence-corrected chi connectivity index (χ0v) is 22.4. The molecule has 1 fully saturated rings. The van der Waals surface area contributed by atoms with E-state index < -0.39 is 0 Å². The van der Waals surface area contributed by atoms with E-state index in [0.29, 0.717) is 39.1 Å². The molecule has 0 unspecified atom stereocenters. The van der Waals surface area contributed by atoms with Crippen molar-refractivity contribution in [3.63, 3.8) is 0 Å². The van der Waals surface area contributed by atoms with E-state index in [1.54, 1.807) is 32.1 Å². The number of thioether (sulfide) groups is 1. The van der Waals surface area contributed by atoms with Crippen LogP contribution in [-0.2, 0) is 18.3 Å². The minimum absolute atomic E-state index is 0.0846. The lowest BCUT2D eigenvalue weighted by Crippen LogP contribution is -2.31. The van der Waals surface area contributed by atoms with Crippen LogP contribution < -0.4 is 15.2 Å². The number of hydrogen-bond donors (Lipinski definition) is 0. The Hall–Kier alpha value is -3.09. The van der Waals surface area contributed by atoms with Crippen LogP contribution >= 0.6 is 24.0 Å². The molecule has 0 N–H and O–H groups in total. The Labute approximate surface area is 216 Å². The Morgan fingerprint density at radius 1 is 1.26 bits per heavy atom. The van der Waals surface area contributed by atoms with Crippen molar-refractivity contribution in [3.05, 3.63) is 61.8 Å². The number of carbonyl (C=O) groups excluding carboxylic acids is 1. The summed E-state index contributed by atoms with van der Waals surface area (Å²) in [4.78, 5) is 30.2. The zero-order chi connectivity index (χ0) is 25.7. The molecule has 9 heteroatoms. The molecule has 2 heterocycles. The number of benzene rings is 1. The molecule has 1 aliphatic rings. The van der Waals surface area contributed by atoms with Gasteiger partial charge in [-0.1, -0.05) is 49.5 Å². The Morgan fingerprint density at radius 2 is 1.94 bits per heavy atom. The monoisotopic (exact) mass is 510 g/mol. The summed E-state index contributed by atoms with van der Waals surface area (Å²) in [5.74, 6) is 1.30. The Bertz CT molecular complexity index is 1260. The highest BCUT2D eigenvalue weighted by Crippen LogP contribution is 2.35. The van der Waals surface area contributed by atoms with Crippen LogP contribution in [0, 0.1) is 18.3 Å². The number of methoxy groups -OCH3 is 1. The van der Waals surface area contributed by atoms with Gasteiger partial charge in [-0.25, -0.2) is 0 Å². The molecule has 0 saturated carbocycles. The topological polar surface area (TPSA) is 78.6 Å². The van der Waals surface area contributed by atoms with Crippen LogP contribution in [0.25, 0.3) is 6.08 Å².